The zero-order valence-corrected chi connectivity index (χ0v) is 13.8. The van der Waals surface area contributed by atoms with E-state index in [2.05, 4.69) is 27.5 Å². The number of aliphatic imine (C=N–C) groups is 1. The van der Waals surface area contributed by atoms with Crippen LogP contribution in [0, 0.1) is 0 Å². The maximum Gasteiger partial charge on any atom is 0.190 e. The van der Waals surface area contributed by atoms with E-state index in [4.69, 9.17) is 4.74 Å². The molecular formula is C15H26N4OS. The smallest absolute Gasteiger partial charge is 0.190 e. The first-order valence-corrected chi connectivity index (χ1v) is 8.63. The lowest BCUT2D eigenvalue weighted by Crippen LogP contribution is -2.39. The Labute approximate surface area is 131 Å². The van der Waals surface area contributed by atoms with Crippen molar-refractivity contribution >= 4 is 17.3 Å². The second-order valence-electron chi connectivity index (χ2n) is 5.17. The minimum absolute atomic E-state index is 0.429. The third-order valence-corrected chi connectivity index (χ3v) is 4.79. The molecule has 0 saturated carbocycles. The van der Waals surface area contributed by atoms with E-state index in [0.717, 1.165) is 44.9 Å². The normalized spacial score (nSPS) is 19.0. The topological polar surface area (TPSA) is 58.5 Å². The highest BCUT2D eigenvalue weighted by Crippen LogP contribution is 2.14. The van der Waals surface area contributed by atoms with Gasteiger partial charge >= 0.3 is 0 Å². The molecule has 0 amide bonds. The van der Waals surface area contributed by atoms with Crippen molar-refractivity contribution < 1.29 is 4.74 Å². The molecule has 5 nitrogen and oxygen atoms in total. The summed E-state index contributed by atoms with van der Waals surface area (Å²) in [5.41, 5.74) is 0. The van der Waals surface area contributed by atoms with Gasteiger partial charge in [0.1, 0.15) is 0 Å². The molecule has 2 heterocycles. The van der Waals surface area contributed by atoms with Gasteiger partial charge < -0.3 is 15.4 Å². The van der Waals surface area contributed by atoms with Crippen molar-refractivity contribution in [2.45, 2.75) is 45.1 Å². The molecule has 1 aliphatic rings. The number of rotatable bonds is 7. The van der Waals surface area contributed by atoms with Crippen LogP contribution >= 0.6 is 11.3 Å². The van der Waals surface area contributed by atoms with Gasteiger partial charge in [0, 0.05) is 44.2 Å². The van der Waals surface area contributed by atoms with Crippen LogP contribution in [0.3, 0.4) is 0 Å². The number of aromatic nitrogens is 1. The van der Waals surface area contributed by atoms with Crippen LogP contribution < -0.4 is 10.6 Å². The molecule has 2 rings (SSSR count). The summed E-state index contributed by atoms with van der Waals surface area (Å²) in [4.78, 5) is 10.0. The summed E-state index contributed by atoms with van der Waals surface area (Å²) in [5, 5.41) is 7.87. The summed E-state index contributed by atoms with van der Waals surface area (Å²) >= 11 is 1.80. The summed E-state index contributed by atoms with van der Waals surface area (Å²) in [6, 6.07) is 0. The maximum atomic E-state index is 5.61. The van der Waals surface area contributed by atoms with Crippen molar-refractivity contribution in [3.63, 3.8) is 0 Å². The molecule has 2 N–H and O–H groups in total. The Morgan fingerprint density at radius 3 is 3.00 bits per heavy atom. The maximum absolute atomic E-state index is 5.61. The summed E-state index contributed by atoms with van der Waals surface area (Å²) in [7, 11) is 1.81. The van der Waals surface area contributed by atoms with Crippen LogP contribution in [0.4, 0.5) is 0 Å². The van der Waals surface area contributed by atoms with Crippen molar-refractivity contribution in [3.05, 3.63) is 16.1 Å². The SMILES string of the molecule is CCc1cnc(CCNC(=NC)NCCC2CCCO2)s1. The monoisotopic (exact) mass is 310 g/mol. The van der Waals surface area contributed by atoms with Gasteiger partial charge in [-0.25, -0.2) is 4.98 Å². The Kier molecular flexibility index (Phi) is 6.95. The number of aryl methyl sites for hydroxylation is 1. The van der Waals surface area contributed by atoms with E-state index < -0.39 is 0 Å². The fourth-order valence-electron chi connectivity index (χ4n) is 2.36. The number of ether oxygens (including phenoxy) is 1. The van der Waals surface area contributed by atoms with E-state index in [1.807, 2.05) is 6.20 Å². The van der Waals surface area contributed by atoms with Crippen LogP contribution in [0.15, 0.2) is 11.2 Å². The number of nitrogens with one attached hydrogen (secondary N) is 2. The number of hydrogen-bond donors (Lipinski definition) is 2. The van der Waals surface area contributed by atoms with E-state index in [0.29, 0.717) is 6.10 Å². The van der Waals surface area contributed by atoms with Gasteiger partial charge in [0.25, 0.3) is 0 Å². The third kappa shape index (κ3) is 5.63. The molecule has 0 radical (unpaired) electrons. The van der Waals surface area contributed by atoms with Crippen molar-refractivity contribution in [2.24, 2.45) is 4.99 Å². The van der Waals surface area contributed by atoms with Gasteiger partial charge in [-0.1, -0.05) is 6.92 Å². The van der Waals surface area contributed by atoms with Crippen LogP contribution in [0.25, 0.3) is 0 Å². The molecule has 118 valence electrons. The molecule has 0 aliphatic carbocycles. The first kappa shape index (κ1) is 16.2. The van der Waals surface area contributed by atoms with Crippen LogP contribution in [-0.2, 0) is 17.6 Å². The lowest BCUT2D eigenvalue weighted by atomic mass is 10.2. The first-order chi connectivity index (χ1) is 10.3. The lowest BCUT2D eigenvalue weighted by Gasteiger charge is -2.13. The fourth-order valence-corrected chi connectivity index (χ4v) is 3.22. The first-order valence-electron chi connectivity index (χ1n) is 7.81. The Morgan fingerprint density at radius 1 is 1.48 bits per heavy atom. The molecule has 1 saturated heterocycles. The van der Waals surface area contributed by atoms with Crippen LogP contribution in [0.1, 0.15) is 36.1 Å². The fraction of sp³-hybridized carbons (Fsp3) is 0.733. The molecule has 6 heteroatoms. The highest BCUT2D eigenvalue weighted by molar-refractivity contribution is 7.11. The molecule has 0 spiro atoms. The standard InChI is InChI=1S/C15H26N4OS/c1-3-13-11-19-14(21-13)7-9-18-15(16-2)17-8-6-12-5-4-10-20-12/h11-12H,3-10H2,1-2H3,(H2,16,17,18). The summed E-state index contributed by atoms with van der Waals surface area (Å²) < 4.78 is 5.61. The van der Waals surface area contributed by atoms with Crippen molar-refractivity contribution in [1.82, 2.24) is 15.6 Å². The Balaban J connectivity index is 1.60. The predicted molar refractivity (Wildman–Crippen MR) is 88.2 cm³/mol. The second-order valence-corrected chi connectivity index (χ2v) is 6.37. The van der Waals surface area contributed by atoms with E-state index in [-0.39, 0.29) is 0 Å². The lowest BCUT2D eigenvalue weighted by molar-refractivity contribution is 0.105. The molecule has 1 aromatic rings. The number of hydrogen-bond acceptors (Lipinski definition) is 4. The van der Waals surface area contributed by atoms with Crippen molar-refractivity contribution in [2.75, 3.05) is 26.7 Å². The average Bonchev–Trinajstić information content (AvgIpc) is 3.17. The zero-order valence-electron chi connectivity index (χ0n) is 13.0. The molecule has 1 atom stereocenters. The Morgan fingerprint density at radius 2 is 2.33 bits per heavy atom. The minimum Gasteiger partial charge on any atom is -0.378 e. The summed E-state index contributed by atoms with van der Waals surface area (Å²) in [6.45, 7) is 4.85. The second kappa shape index (κ2) is 9.00. The van der Waals surface area contributed by atoms with Gasteiger partial charge in [-0.2, -0.15) is 0 Å². The third-order valence-electron chi connectivity index (χ3n) is 3.59. The van der Waals surface area contributed by atoms with E-state index >= 15 is 0 Å². The van der Waals surface area contributed by atoms with Gasteiger partial charge in [0.2, 0.25) is 0 Å². The van der Waals surface area contributed by atoms with Crippen LogP contribution in [0.2, 0.25) is 0 Å². The largest absolute Gasteiger partial charge is 0.378 e. The molecular weight excluding hydrogens is 284 g/mol. The van der Waals surface area contributed by atoms with Gasteiger partial charge in [-0.05, 0) is 25.7 Å². The Bertz CT molecular complexity index is 441. The summed E-state index contributed by atoms with van der Waals surface area (Å²) in [6.07, 6.45) is 7.86. The zero-order chi connectivity index (χ0) is 14.9. The van der Waals surface area contributed by atoms with Crippen molar-refractivity contribution in [1.29, 1.82) is 0 Å². The quantitative estimate of drug-likeness (QED) is 0.597. The molecule has 21 heavy (non-hydrogen) atoms. The van der Waals surface area contributed by atoms with E-state index in [9.17, 15) is 0 Å². The minimum atomic E-state index is 0.429. The van der Waals surface area contributed by atoms with Gasteiger partial charge in [-0.3, -0.25) is 4.99 Å². The molecule has 0 aromatic carbocycles. The molecule has 0 bridgehead atoms. The highest BCUT2D eigenvalue weighted by atomic mass is 32.1. The van der Waals surface area contributed by atoms with Crippen molar-refractivity contribution in [3.8, 4) is 0 Å². The Hall–Kier alpha value is -1.14. The average molecular weight is 310 g/mol. The number of guanidine groups is 1. The molecule has 1 aromatic heterocycles. The highest BCUT2D eigenvalue weighted by Gasteiger charge is 2.14. The molecule has 1 aliphatic heterocycles. The summed E-state index contributed by atoms with van der Waals surface area (Å²) in [5.74, 6) is 0.861. The van der Waals surface area contributed by atoms with Crippen LogP contribution in [0.5, 0.6) is 0 Å². The van der Waals surface area contributed by atoms with E-state index in [1.165, 1.54) is 22.7 Å². The number of nitrogens with zero attached hydrogens (tertiary/aromatic N) is 2. The molecule has 1 fully saturated rings. The van der Waals surface area contributed by atoms with E-state index in [1.54, 1.807) is 18.4 Å². The van der Waals surface area contributed by atoms with Gasteiger partial charge in [0.05, 0.1) is 11.1 Å². The molecule has 1 unspecified atom stereocenters. The predicted octanol–water partition coefficient (Wildman–Crippen LogP) is 1.98. The van der Waals surface area contributed by atoms with Crippen LogP contribution in [-0.4, -0.2) is 43.8 Å². The van der Waals surface area contributed by atoms with Gasteiger partial charge in [-0.15, -0.1) is 11.3 Å². The number of thiazole rings is 1. The van der Waals surface area contributed by atoms with Gasteiger partial charge in [0.15, 0.2) is 5.96 Å².